The molecule has 0 saturated carbocycles. The lowest BCUT2D eigenvalue weighted by Crippen LogP contribution is -2.30. The van der Waals surface area contributed by atoms with Crippen LogP contribution in [0.25, 0.3) is 0 Å². The van der Waals surface area contributed by atoms with E-state index in [2.05, 4.69) is 130 Å². The van der Waals surface area contributed by atoms with Gasteiger partial charge in [-0.25, -0.2) is 0 Å². The van der Waals surface area contributed by atoms with Gasteiger partial charge in [0, 0.05) is 19.3 Å². The maximum Gasteiger partial charge on any atom is 0.306 e. The molecule has 338 valence electrons. The van der Waals surface area contributed by atoms with Gasteiger partial charge < -0.3 is 14.2 Å². The van der Waals surface area contributed by atoms with E-state index in [1.54, 1.807) is 0 Å². The Labute approximate surface area is 368 Å². The molecule has 0 amide bonds. The second-order valence-electron chi connectivity index (χ2n) is 15.3. The first kappa shape index (κ1) is 56.1. The van der Waals surface area contributed by atoms with Crippen molar-refractivity contribution in [3.63, 3.8) is 0 Å². The predicted octanol–water partition coefficient (Wildman–Crippen LogP) is 15.6. The number of unbranched alkanes of at least 4 members (excludes halogenated alkanes) is 12. The summed E-state index contributed by atoms with van der Waals surface area (Å²) < 4.78 is 16.6. The Morgan fingerprint density at radius 3 is 1.05 bits per heavy atom. The average Bonchev–Trinajstić information content (AvgIpc) is 3.24. The summed E-state index contributed by atoms with van der Waals surface area (Å²) in [6, 6.07) is 0. The zero-order valence-electron chi connectivity index (χ0n) is 38.4. The van der Waals surface area contributed by atoms with E-state index in [1.165, 1.54) is 32.1 Å². The van der Waals surface area contributed by atoms with E-state index in [1.807, 2.05) is 0 Å². The van der Waals surface area contributed by atoms with E-state index < -0.39 is 6.10 Å². The third-order valence-corrected chi connectivity index (χ3v) is 9.52. The SMILES string of the molecule is CC/C=C\C/C=C\C/C=C\C/C=C\C/C=C\C/C=C\CCCCC(=O)OCC(COC(=O)CCCCCCCCCC)OC(=O)CCCCC/C=C\C/C=C\C/C=C\CC. The van der Waals surface area contributed by atoms with E-state index in [0.717, 1.165) is 116 Å². The van der Waals surface area contributed by atoms with Crippen molar-refractivity contribution in [1.82, 2.24) is 0 Å². The third-order valence-electron chi connectivity index (χ3n) is 9.52. The Bertz CT molecular complexity index is 1280. The van der Waals surface area contributed by atoms with Crippen LogP contribution in [-0.4, -0.2) is 37.2 Å². The van der Waals surface area contributed by atoms with Gasteiger partial charge in [0.15, 0.2) is 6.10 Å². The molecule has 6 heteroatoms. The molecule has 0 fully saturated rings. The van der Waals surface area contributed by atoms with Crippen LogP contribution in [0.15, 0.2) is 109 Å². The number of ether oxygens (including phenoxy) is 3. The highest BCUT2D eigenvalue weighted by molar-refractivity contribution is 5.71. The first-order valence-electron chi connectivity index (χ1n) is 23.9. The van der Waals surface area contributed by atoms with Gasteiger partial charge in [0.2, 0.25) is 0 Å². The molecule has 0 aromatic rings. The molecular weight excluding hydrogens is 745 g/mol. The van der Waals surface area contributed by atoms with E-state index in [9.17, 15) is 14.4 Å². The Hall–Kier alpha value is -3.93. The Morgan fingerprint density at radius 2 is 0.650 bits per heavy atom. The second kappa shape index (κ2) is 47.7. The number of hydrogen-bond acceptors (Lipinski definition) is 6. The van der Waals surface area contributed by atoms with Crippen LogP contribution in [0.4, 0.5) is 0 Å². The minimum Gasteiger partial charge on any atom is -0.462 e. The average molecular weight is 831 g/mol. The van der Waals surface area contributed by atoms with Gasteiger partial charge in [-0.05, 0) is 103 Å². The van der Waals surface area contributed by atoms with Gasteiger partial charge in [-0.2, -0.15) is 0 Å². The van der Waals surface area contributed by atoms with Gasteiger partial charge in [-0.3, -0.25) is 14.4 Å². The van der Waals surface area contributed by atoms with Crippen molar-refractivity contribution in [3.05, 3.63) is 109 Å². The molecule has 0 aliphatic carbocycles. The minimum atomic E-state index is -0.809. The second-order valence-corrected chi connectivity index (χ2v) is 15.3. The van der Waals surface area contributed by atoms with Crippen LogP contribution in [0.3, 0.4) is 0 Å². The molecule has 0 aliphatic rings. The van der Waals surface area contributed by atoms with Crippen molar-refractivity contribution in [1.29, 1.82) is 0 Å². The molecule has 0 saturated heterocycles. The van der Waals surface area contributed by atoms with Crippen LogP contribution in [0.5, 0.6) is 0 Å². The summed E-state index contributed by atoms with van der Waals surface area (Å²) in [7, 11) is 0. The quantitative estimate of drug-likeness (QED) is 0.0264. The highest BCUT2D eigenvalue weighted by atomic mass is 16.6. The Kier molecular flexibility index (Phi) is 44.6. The number of rotatable bonds is 41. The van der Waals surface area contributed by atoms with Gasteiger partial charge in [0.25, 0.3) is 0 Å². The van der Waals surface area contributed by atoms with E-state index in [-0.39, 0.29) is 37.5 Å². The zero-order valence-corrected chi connectivity index (χ0v) is 38.4. The molecule has 0 aromatic carbocycles. The number of carbonyl (C=O) groups excluding carboxylic acids is 3. The molecule has 6 nitrogen and oxygen atoms in total. The van der Waals surface area contributed by atoms with Gasteiger partial charge >= 0.3 is 17.9 Å². The van der Waals surface area contributed by atoms with Gasteiger partial charge in [0.05, 0.1) is 0 Å². The summed E-state index contributed by atoms with van der Waals surface area (Å²) in [6.07, 6.45) is 63.7. The van der Waals surface area contributed by atoms with Crippen LogP contribution in [0.2, 0.25) is 0 Å². The normalized spacial score (nSPS) is 13.1. The Morgan fingerprint density at radius 1 is 0.350 bits per heavy atom. The van der Waals surface area contributed by atoms with Gasteiger partial charge in [-0.1, -0.05) is 182 Å². The van der Waals surface area contributed by atoms with E-state index in [0.29, 0.717) is 19.3 Å². The molecule has 0 spiro atoms. The summed E-state index contributed by atoms with van der Waals surface area (Å²) in [6.45, 7) is 6.29. The summed E-state index contributed by atoms with van der Waals surface area (Å²) in [5.41, 5.74) is 0. The predicted molar refractivity (Wildman–Crippen MR) is 256 cm³/mol. The van der Waals surface area contributed by atoms with Crippen molar-refractivity contribution in [2.45, 2.75) is 200 Å². The highest BCUT2D eigenvalue weighted by Crippen LogP contribution is 2.12. The lowest BCUT2D eigenvalue weighted by Gasteiger charge is -2.18. The Balaban J connectivity index is 4.44. The third kappa shape index (κ3) is 45.2. The fourth-order valence-electron chi connectivity index (χ4n) is 5.99. The molecule has 0 aliphatic heterocycles. The van der Waals surface area contributed by atoms with Crippen molar-refractivity contribution in [2.75, 3.05) is 13.2 Å². The molecule has 1 atom stereocenters. The van der Waals surface area contributed by atoms with Crippen LogP contribution in [-0.2, 0) is 28.6 Å². The molecule has 1 unspecified atom stereocenters. The molecule has 0 aromatic heterocycles. The van der Waals surface area contributed by atoms with Crippen molar-refractivity contribution < 1.29 is 28.6 Å². The van der Waals surface area contributed by atoms with Gasteiger partial charge in [-0.15, -0.1) is 0 Å². The van der Waals surface area contributed by atoms with Crippen LogP contribution in [0, 0.1) is 0 Å². The van der Waals surface area contributed by atoms with Gasteiger partial charge in [0.1, 0.15) is 13.2 Å². The monoisotopic (exact) mass is 831 g/mol. The fourth-order valence-corrected chi connectivity index (χ4v) is 5.99. The van der Waals surface area contributed by atoms with Crippen molar-refractivity contribution >= 4 is 17.9 Å². The molecule has 0 heterocycles. The summed E-state index contributed by atoms with van der Waals surface area (Å²) >= 11 is 0. The standard InChI is InChI=1S/C54H86O6/c1-4-7-10-13-16-19-21-23-24-25-26-27-28-29-30-32-33-35-38-41-44-47-53(56)59-50-51(49-58-52(55)46-43-40-37-18-15-12-9-6-3)60-54(57)48-45-42-39-36-34-31-22-20-17-14-11-8-5-2/h7-8,10-11,16-17,19-20,23-24,26-27,29-31,33-35,51H,4-6,9,12-15,18,21-22,25,28,32,36-50H2,1-3H3/b10-7-,11-8-,19-16-,20-17-,24-23-,27-26-,30-29-,34-31-,35-33-. The van der Waals surface area contributed by atoms with Crippen LogP contribution >= 0.6 is 0 Å². The highest BCUT2D eigenvalue weighted by Gasteiger charge is 2.19. The number of esters is 3. The van der Waals surface area contributed by atoms with Crippen molar-refractivity contribution in [2.24, 2.45) is 0 Å². The summed E-state index contributed by atoms with van der Waals surface area (Å²) in [4.78, 5) is 37.7. The summed E-state index contributed by atoms with van der Waals surface area (Å²) in [5, 5.41) is 0. The number of allylic oxidation sites excluding steroid dienone is 18. The molecule has 0 N–H and O–H groups in total. The maximum absolute atomic E-state index is 12.7. The molecule has 60 heavy (non-hydrogen) atoms. The summed E-state index contributed by atoms with van der Waals surface area (Å²) in [5.74, 6) is -0.995. The molecule has 0 bridgehead atoms. The minimum absolute atomic E-state index is 0.105. The first-order chi connectivity index (χ1) is 29.5. The molecule has 0 radical (unpaired) electrons. The van der Waals surface area contributed by atoms with Crippen LogP contribution in [0.1, 0.15) is 194 Å². The maximum atomic E-state index is 12.7. The van der Waals surface area contributed by atoms with E-state index in [4.69, 9.17) is 14.2 Å². The largest absolute Gasteiger partial charge is 0.462 e. The molecule has 0 rings (SSSR count). The number of hydrogen-bond donors (Lipinski definition) is 0. The number of carbonyl (C=O) groups is 3. The lowest BCUT2D eigenvalue weighted by molar-refractivity contribution is -0.167. The van der Waals surface area contributed by atoms with Crippen LogP contribution < -0.4 is 0 Å². The lowest BCUT2D eigenvalue weighted by atomic mass is 10.1. The van der Waals surface area contributed by atoms with E-state index >= 15 is 0 Å². The van der Waals surface area contributed by atoms with Crippen molar-refractivity contribution in [3.8, 4) is 0 Å². The zero-order chi connectivity index (χ0) is 43.7. The topological polar surface area (TPSA) is 78.9 Å². The smallest absolute Gasteiger partial charge is 0.306 e. The molecular formula is C54H86O6. The first-order valence-corrected chi connectivity index (χ1v) is 23.9. The fraction of sp³-hybridized carbons (Fsp3) is 0.611.